The average molecular weight is 302 g/mol. The van der Waals surface area contributed by atoms with E-state index >= 15 is 0 Å². The van der Waals surface area contributed by atoms with Crippen molar-refractivity contribution in [2.75, 3.05) is 11.9 Å². The van der Waals surface area contributed by atoms with E-state index in [4.69, 9.17) is 4.74 Å². The van der Waals surface area contributed by atoms with Crippen molar-refractivity contribution in [3.05, 3.63) is 23.2 Å². The van der Waals surface area contributed by atoms with Crippen molar-refractivity contribution in [1.82, 2.24) is 4.98 Å². The zero-order chi connectivity index (χ0) is 14.4. The Bertz CT molecular complexity index is 662. The van der Waals surface area contributed by atoms with Crippen LogP contribution in [-0.4, -0.2) is 23.7 Å². The van der Waals surface area contributed by atoms with Crippen molar-refractivity contribution in [3.8, 4) is 0 Å². The molecule has 2 atom stereocenters. The van der Waals surface area contributed by atoms with Crippen molar-refractivity contribution in [3.63, 3.8) is 0 Å². The quantitative estimate of drug-likeness (QED) is 0.911. The summed E-state index contributed by atoms with van der Waals surface area (Å²) in [6.45, 7) is 5.01. The molecule has 2 aliphatic carbocycles. The molecule has 1 N–H and O–H groups in total. The molecule has 2 aliphatic rings. The minimum absolute atomic E-state index is 0.411. The van der Waals surface area contributed by atoms with E-state index in [0.717, 1.165) is 23.6 Å². The van der Waals surface area contributed by atoms with Crippen LogP contribution in [0.15, 0.2) is 18.2 Å². The van der Waals surface area contributed by atoms with Gasteiger partial charge in [0.25, 0.3) is 0 Å². The summed E-state index contributed by atoms with van der Waals surface area (Å²) in [5.74, 6) is 0. The molecule has 112 valence electrons. The molecule has 3 nitrogen and oxygen atoms in total. The highest BCUT2D eigenvalue weighted by molar-refractivity contribution is 7.18. The maximum atomic E-state index is 5.93. The third kappa shape index (κ3) is 2.08. The highest BCUT2D eigenvalue weighted by Crippen LogP contribution is 2.58. The molecule has 2 fully saturated rings. The largest absolute Gasteiger partial charge is 0.382 e. The predicted octanol–water partition coefficient (Wildman–Crippen LogP) is 4.36. The van der Waals surface area contributed by atoms with Gasteiger partial charge in [0.15, 0.2) is 0 Å². The summed E-state index contributed by atoms with van der Waals surface area (Å²) in [5, 5.41) is 4.90. The second-order valence-corrected chi connectivity index (χ2v) is 7.61. The zero-order valence-corrected chi connectivity index (χ0v) is 13.5. The number of rotatable bonds is 4. The summed E-state index contributed by atoms with van der Waals surface area (Å²) in [5.41, 5.74) is 2.76. The fraction of sp³-hybridized carbons (Fsp3) is 0.588. The zero-order valence-electron chi connectivity index (χ0n) is 12.7. The predicted molar refractivity (Wildman–Crippen MR) is 88.1 cm³/mol. The summed E-state index contributed by atoms with van der Waals surface area (Å²) in [4.78, 5) is 4.53. The lowest BCUT2D eigenvalue weighted by atomic mass is 9.51. The number of nitrogens with zero attached hydrogens (tertiary/aromatic N) is 1. The van der Waals surface area contributed by atoms with Gasteiger partial charge in [-0.3, -0.25) is 0 Å². The Labute approximate surface area is 129 Å². The van der Waals surface area contributed by atoms with Crippen LogP contribution in [0.1, 0.15) is 37.6 Å². The lowest BCUT2D eigenvalue weighted by Gasteiger charge is -2.61. The average Bonchev–Trinajstić information content (AvgIpc) is 2.74. The van der Waals surface area contributed by atoms with Crippen LogP contribution in [0.4, 0.5) is 5.69 Å². The number of fused-ring (bicyclic) bond motifs is 1. The van der Waals surface area contributed by atoms with Gasteiger partial charge in [0.05, 0.1) is 21.3 Å². The molecule has 2 unspecified atom stereocenters. The highest BCUT2D eigenvalue weighted by atomic mass is 32.1. The molecule has 1 spiro atoms. The number of nitrogens with one attached hydrogen (secondary N) is 1. The van der Waals surface area contributed by atoms with Crippen molar-refractivity contribution < 1.29 is 4.74 Å². The lowest BCUT2D eigenvalue weighted by molar-refractivity contribution is -0.157. The number of hydrogen-bond donors (Lipinski definition) is 1. The van der Waals surface area contributed by atoms with Crippen molar-refractivity contribution in [1.29, 1.82) is 0 Å². The van der Waals surface area contributed by atoms with E-state index in [1.807, 2.05) is 0 Å². The molecule has 4 heteroatoms. The molecule has 0 radical (unpaired) electrons. The van der Waals surface area contributed by atoms with Crippen LogP contribution in [-0.2, 0) is 4.74 Å². The second-order valence-electron chi connectivity index (χ2n) is 6.38. The number of aromatic nitrogens is 1. The smallest absolute Gasteiger partial charge is 0.0907 e. The number of aryl methyl sites for hydroxylation is 1. The van der Waals surface area contributed by atoms with Gasteiger partial charge < -0.3 is 10.1 Å². The molecule has 2 aromatic rings. The first-order chi connectivity index (χ1) is 10.2. The van der Waals surface area contributed by atoms with E-state index in [1.165, 1.54) is 29.6 Å². The molecule has 0 saturated heterocycles. The number of ether oxygens (including phenoxy) is 1. The number of hydrogen-bond acceptors (Lipinski definition) is 4. The molecular weight excluding hydrogens is 280 g/mol. The first-order valence-corrected chi connectivity index (χ1v) is 8.78. The summed E-state index contributed by atoms with van der Waals surface area (Å²) >= 11 is 1.77. The first kappa shape index (κ1) is 13.5. The van der Waals surface area contributed by atoms with E-state index in [2.05, 4.69) is 42.3 Å². The van der Waals surface area contributed by atoms with Gasteiger partial charge in [0.2, 0.25) is 0 Å². The molecular formula is C17H22N2OS. The van der Waals surface area contributed by atoms with E-state index in [0.29, 0.717) is 17.6 Å². The SMILES string of the molecule is CCOC1CC(Nc2ccc3nc(C)sc3c2)C12CCC2. The minimum atomic E-state index is 0.411. The first-order valence-electron chi connectivity index (χ1n) is 7.96. The van der Waals surface area contributed by atoms with Gasteiger partial charge in [-0.05, 0) is 51.3 Å². The van der Waals surface area contributed by atoms with Gasteiger partial charge in [0, 0.05) is 23.8 Å². The van der Waals surface area contributed by atoms with Gasteiger partial charge in [0.1, 0.15) is 0 Å². The van der Waals surface area contributed by atoms with Gasteiger partial charge >= 0.3 is 0 Å². The maximum absolute atomic E-state index is 5.93. The lowest BCUT2D eigenvalue weighted by Crippen LogP contribution is -2.64. The van der Waals surface area contributed by atoms with Crippen LogP contribution in [0, 0.1) is 12.3 Å². The third-order valence-corrected chi connectivity index (χ3v) is 6.21. The van der Waals surface area contributed by atoms with Crippen molar-refractivity contribution in [2.45, 2.75) is 51.7 Å². The summed E-state index contributed by atoms with van der Waals surface area (Å²) in [6.07, 6.45) is 5.61. The van der Waals surface area contributed by atoms with Crippen LogP contribution in [0.5, 0.6) is 0 Å². The molecule has 1 heterocycles. The Morgan fingerprint density at radius 3 is 3.00 bits per heavy atom. The Kier molecular flexibility index (Phi) is 3.19. The van der Waals surface area contributed by atoms with E-state index in [9.17, 15) is 0 Å². The van der Waals surface area contributed by atoms with Crippen molar-refractivity contribution in [2.24, 2.45) is 5.41 Å². The third-order valence-electron chi connectivity index (χ3n) is 5.27. The molecule has 21 heavy (non-hydrogen) atoms. The monoisotopic (exact) mass is 302 g/mol. The Hall–Kier alpha value is -1.13. The topological polar surface area (TPSA) is 34.1 Å². The fourth-order valence-electron chi connectivity index (χ4n) is 3.97. The number of anilines is 1. The van der Waals surface area contributed by atoms with Crippen LogP contribution in [0.3, 0.4) is 0 Å². The molecule has 2 saturated carbocycles. The molecule has 0 bridgehead atoms. The Morgan fingerprint density at radius 2 is 2.29 bits per heavy atom. The van der Waals surface area contributed by atoms with Gasteiger partial charge in [-0.2, -0.15) is 0 Å². The highest BCUT2D eigenvalue weighted by Gasteiger charge is 2.58. The van der Waals surface area contributed by atoms with Crippen LogP contribution >= 0.6 is 11.3 Å². The van der Waals surface area contributed by atoms with Gasteiger partial charge in [-0.15, -0.1) is 11.3 Å². The standard InChI is InChI=1S/C17H22N2OS/c1-3-20-16-10-15(17(16)7-4-8-17)19-12-5-6-13-14(9-12)21-11(2)18-13/h5-6,9,15-16,19H,3-4,7-8,10H2,1-2H3. The number of thiazole rings is 1. The van der Waals surface area contributed by atoms with E-state index in [1.54, 1.807) is 11.3 Å². The fourth-order valence-corrected chi connectivity index (χ4v) is 4.84. The van der Waals surface area contributed by atoms with E-state index < -0.39 is 0 Å². The van der Waals surface area contributed by atoms with E-state index in [-0.39, 0.29) is 0 Å². The van der Waals surface area contributed by atoms with Crippen LogP contribution < -0.4 is 5.32 Å². The summed E-state index contributed by atoms with van der Waals surface area (Å²) in [7, 11) is 0. The maximum Gasteiger partial charge on any atom is 0.0907 e. The van der Waals surface area contributed by atoms with Crippen molar-refractivity contribution >= 4 is 27.2 Å². The van der Waals surface area contributed by atoms with Gasteiger partial charge in [-0.1, -0.05) is 6.42 Å². The van der Waals surface area contributed by atoms with Gasteiger partial charge in [-0.25, -0.2) is 4.98 Å². The Balaban J connectivity index is 1.52. The van der Waals surface area contributed by atoms with Crippen LogP contribution in [0.25, 0.3) is 10.2 Å². The summed E-state index contributed by atoms with van der Waals surface area (Å²) in [6, 6.07) is 7.13. The van der Waals surface area contributed by atoms with Crippen LogP contribution in [0.2, 0.25) is 0 Å². The molecule has 0 amide bonds. The minimum Gasteiger partial charge on any atom is -0.382 e. The molecule has 4 rings (SSSR count). The molecule has 1 aromatic carbocycles. The summed E-state index contributed by atoms with van der Waals surface area (Å²) < 4.78 is 7.21. The Morgan fingerprint density at radius 1 is 1.43 bits per heavy atom. The molecule has 1 aromatic heterocycles. The second kappa shape index (κ2) is 4.96. The molecule has 0 aliphatic heterocycles. The number of benzene rings is 1. The normalized spacial score (nSPS) is 26.6.